The zero-order chi connectivity index (χ0) is 13.3. The number of hydrogen-bond acceptors (Lipinski definition) is 3. The van der Waals surface area contributed by atoms with Crippen molar-refractivity contribution in [2.45, 2.75) is 26.3 Å². The zero-order valence-electron chi connectivity index (χ0n) is 11.5. The first kappa shape index (κ1) is 12.7. The van der Waals surface area contributed by atoms with Crippen LogP contribution in [0.3, 0.4) is 0 Å². The molecule has 2 aliphatic rings. The van der Waals surface area contributed by atoms with Gasteiger partial charge in [-0.25, -0.2) is 0 Å². The minimum atomic E-state index is 0.0176. The number of nitrogens with zero attached hydrogens (tertiary/aromatic N) is 1. The highest BCUT2D eigenvalue weighted by atomic mass is 16.5. The average Bonchev–Trinajstić information content (AvgIpc) is 2.97. The topological polar surface area (TPSA) is 29.5 Å². The van der Waals surface area contributed by atoms with Gasteiger partial charge >= 0.3 is 5.97 Å². The predicted molar refractivity (Wildman–Crippen MR) is 73.5 cm³/mol. The molecule has 1 heterocycles. The molecule has 1 aromatic rings. The Kier molecular flexibility index (Phi) is 3.31. The Morgan fingerprint density at radius 3 is 2.95 bits per heavy atom. The maximum atomic E-state index is 11.8. The molecule has 0 amide bonds. The van der Waals surface area contributed by atoms with Crippen LogP contribution in [0.25, 0.3) is 0 Å². The molecule has 1 unspecified atom stereocenters. The summed E-state index contributed by atoms with van der Waals surface area (Å²) < 4.78 is 5.15. The van der Waals surface area contributed by atoms with E-state index in [4.69, 9.17) is 4.74 Å². The number of carbonyl (C=O) groups excluding carboxylic acids is 1. The van der Waals surface area contributed by atoms with Crippen LogP contribution in [0, 0.1) is 11.3 Å². The standard InChI is InChI=1S/C16H21NO2/c1-2-19-15(18)14-10-16(14)8-9-17(12-16)11-13-6-4-3-5-7-13/h3-7,14H,2,8-12H2,1H3/t14-,16?/m0/s1. The minimum Gasteiger partial charge on any atom is -0.466 e. The van der Waals surface area contributed by atoms with Gasteiger partial charge in [-0.1, -0.05) is 30.3 Å². The lowest BCUT2D eigenvalue weighted by molar-refractivity contribution is -0.145. The fraction of sp³-hybridized carbons (Fsp3) is 0.562. The highest BCUT2D eigenvalue weighted by molar-refractivity contribution is 5.77. The van der Waals surface area contributed by atoms with Crippen LogP contribution in [-0.2, 0) is 16.1 Å². The van der Waals surface area contributed by atoms with E-state index in [0.29, 0.717) is 6.61 Å². The Morgan fingerprint density at radius 1 is 1.42 bits per heavy atom. The van der Waals surface area contributed by atoms with E-state index in [0.717, 1.165) is 32.5 Å². The second-order valence-electron chi connectivity index (χ2n) is 5.82. The van der Waals surface area contributed by atoms with Crippen molar-refractivity contribution in [3.8, 4) is 0 Å². The van der Waals surface area contributed by atoms with Gasteiger partial charge in [0.25, 0.3) is 0 Å². The molecular weight excluding hydrogens is 238 g/mol. The van der Waals surface area contributed by atoms with Gasteiger partial charge in [0.1, 0.15) is 0 Å². The number of hydrogen-bond donors (Lipinski definition) is 0. The maximum Gasteiger partial charge on any atom is 0.309 e. The lowest BCUT2D eigenvalue weighted by atomic mass is 10.0. The molecule has 0 radical (unpaired) electrons. The van der Waals surface area contributed by atoms with Crippen LogP contribution in [-0.4, -0.2) is 30.6 Å². The molecule has 3 heteroatoms. The summed E-state index contributed by atoms with van der Waals surface area (Å²) in [5.74, 6) is 0.178. The Labute approximate surface area is 114 Å². The smallest absolute Gasteiger partial charge is 0.309 e. The molecule has 1 saturated carbocycles. The van der Waals surface area contributed by atoms with Crippen LogP contribution >= 0.6 is 0 Å². The fourth-order valence-corrected chi connectivity index (χ4v) is 3.34. The minimum absolute atomic E-state index is 0.0176. The van der Waals surface area contributed by atoms with Gasteiger partial charge < -0.3 is 4.74 Å². The van der Waals surface area contributed by atoms with Crippen molar-refractivity contribution in [2.75, 3.05) is 19.7 Å². The first-order valence-electron chi connectivity index (χ1n) is 7.16. The van der Waals surface area contributed by atoms with Gasteiger partial charge in [-0.3, -0.25) is 9.69 Å². The molecule has 0 N–H and O–H groups in total. The summed E-state index contributed by atoms with van der Waals surface area (Å²) in [6.45, 7) is 5.52. The maximum absolute atomic E-state index is 11.8. The van der Waals surface area contributed by atoms with Crippen molar-refractivity contribution >= 4 is 5.97 Å². The van der Waals surface area contributed by atoms with Crippen molar-refractivity contribution in [3.63, 3.8) is 0 Å². The predicted octanol–water partition coefficient (Wildman–Crippen LogP) is 2.46. The van der Waals surface area contributed by atoms with Crippen LogP contribution in [0.4, 0.5) is 0 Å². The zero-order valence-corrected chi connectivity index (χ0v) is 11.5. The Morgan fingerprint density at radius 2 is 2.21 bits per heavy atom. The Hall–Kier alpha value is -1.35. The third-order valence-corrected chi connectivity index (χ3v) is 4.47. The Bertz CT molecular complexity index is 459. The molecular formula is C16H21NO2. The number of esters is 1. The second kappa shape index (κ2) is 4.97. The van der Waals surface area contributed by atoms with E-state index in [1.807, 2.05) is 13.0 Å². The third kappa shape index (κ3) is 2.52. The van der Waals surface area contributed by atoms with Gasteiger partial charge in [-0.2, -0.15) is 0 Å². The Balaban J connectivity index is 1.56. The van der Waals surface area contributed by atoms with E-state index in [1.165, 1.54) is 5.56 Å². The van der Waals surface area contributed by atoms with Gasteiger partial charge in [0.2, 0.25) is 0 Å². The molecule has 1 aromatic carbocycles. The van der Waals surface area contributed by atoms with E-state index in [9.17, 15) is 4.79 Å². The lowest BCUT2D eigenvalue weighted by Crippen LogP contribution is -2.22. The number of rotatable bonds is 4. The van der Waals surface area contributed by atoms with Crippen molar-refractivity contribution in [1.82, 2.24) is 4.90 Å². The summed E-state index contributed by atoms with van der Waals surface area (Å²) in [5, 5.41) is 0. The average molecular weight is 259 g/mol. The third-order valence-electron chi connectivity index (χ3n) is 4.47. The first-order valence-corrected chi connectivity index (χ1v) is 7.16. The number of benzene rings is 1. The second-order valence-corrected chi connectivity index (χ2v) is 5.82. The number of likely N-dealkylation sites (tertiary alicyclic amines) is 1. The van der Waals surface area contributed by atoms with Crippen molar-refractivity contribution < 1.29 is 9.53 Å². The van der Waals surface area contributed by atoms with E-state index < -0.39 is 0 Å². The SMILES string of the molecule is CCOC(=O)[C@@H]1CC12CCN(Cc1ccccc1)C2. The largest absolute Gasteiger partial charge is 0.466 e. The van der Waals surface area contributed by atoms with Crippen molar-refractivity contribution in [1.29, 1.82) is 0 Å². The molecule has 3 rings (SSSR count). The highest BCUT2D eigenvalue weighted by Gasteiger charge is 2.61. The van der Waals surface area contributed by atoms with E-state index in [2.05, 4.69) is 29.2 Å². The summed E-state index contributed by atoms with van der Waals surface area (Å²) in [4.78, 5) is 14.3. The summed E-state index contributed by atoms with van der Waals surface area (Å²) in [6, 6.07) is 10.5. The van der Waals surface area contributed by atoms with Crippen molar-refractivity contribution in [3.05, 3.63) is 35.9 Å². The van der Waals surface area contributed by atoms with Gasteiger partial charge in [0.15, 0.2) is 0 Å². The van der Waals surface area contributed by atoms with E-state index in [-0.39, 0.29) is 17.3 Å². The number of carbonyl (C=O) groups is 1. The fourth-order valence-electron chi connectivity index (χ4n) is 3.34. The highest BCUT2D eigenvalue weighted by Crippen LogP contribution is 2.59. The molecule has 0 aromatic heterocycles. The molecule has 1 aliphatic carbocycles. The molecule has 102 valence electrons. The lowest BCUT2D eigenvalue weighted by Gasteiger charge is -2.16. The first-order chi connectivity index (χ1) is 9.23. The van der Waals surface area contributed by atoms with Crippen LogP contribution in [0.1, 0.15) is 25.3 Å². The van der Waals surface area contributed by atoms with E-state index >= 15 is 0 Å². The number of ether oxygens (including phenoxy) is 1. The quantitative estimate of drug-likeness (QED) is 0.778. The summed E-state index contributed by atoms with van der Waals surface area (Å²) in [5.41, 5.74) is 1.59. The molecule has 19 heavy (non-hydrogen) atoms. The van der Waals surface area contributed by atoms with Gasteiger partial charge in [-0.15, -0.1) is 0 Å². The van der Waals surface area contributed by atoms with Crippen LogP contribution in [0.5, 0.6) is 0 Å². The van der Waals surface area contributed by atoms with Crippen molar-refractivity contribution in [2.24, 2.45) is 11.3 Å². The monoisotopic (exact) mass is 259 g/mol. The molecule has 2 atom stereocenters. The normalized spacial score (nSPS) is 29.6. The summed E-state index contributed by atoms with van der Waals surface area (Å²) >= 11 is 0. The molecule has 3 nitrogen and oxygen atoms in total. The van der Waals surface area contributed by atoms with E-state index in [1.54, 1.807) is 0 Å². The van der Waals surface area contributed by atoms with Gasteiger partial charge in [0.05, 0.1) is 12.5 Å². The molecule has 1 saturated heterocycles. The van der Waals surface area contributed by atoms with Crippen LogP contribution < -0.4 is 0 Å². The van der Waals surface area contributed by atoms with Crippen LogP contribution in [0.2, 0.25) is 0 Å². The molecule has 1 spiro atoms. The molecule has 2 fully saturated rings. The summed E-state index contributed by atoms with van der Waals surface area (Å²) in [7, 11) is 0. The molecule has 1 aliphatic heterocycles. The van der Waals surface area contributed by atoms with Gasteiger partial charge in [-0.05, 0) is 37.3 Å². The van der Waals surface area contributed by atoms with Gasteiger partial charge in [0, 0.05) is 13.1 Å². The summed E-state index contributed by atoms with van der Waals surface area (Å²) in [6.07, 6.45) is 2.17. The molecule has 0 bridgehead atoms. The van der Waals surface area contributed by atoms with Crippen LogP contribution in [0.15, 0.2) is 30.3 Å².